The highest BCUT2D eigenvalue weighted by atomic mass is 16.5. The van der Waals surface area contributed by atoms with Gasteiger partial charge in [0.15, 0.2) is 0 Å². The summed E-state index contributed by atoms with van der Waals surface area (Å²) in [7, 11) is 1.74. The van der Waals surface area contributed by atoms with Gasteiger partial charge < -0.3 is 4.74 Å². The minimum atomic E-state index is 0.105. The lowest BCUT2D eigenvalue weighted by molar-refractivity contribution is 0.396. The zero-order valence-electron chi connectivity index (χ0n) is 11.2. The Bertz CT molecular complexity index is 395. The molecule has 0 atom stereocenters. The van der Waals surface area contributed by atoms with Crippen molar-refractivity contribution in [3.63, 3.8) is 0 Å². The fraction of sp³-hybridized carbons (Fsp3) is 0.467. The molecule has 0 aliphatic rings. The van der Waals surface area contributed by atoms with E-state index in [-0.39, 0.29) is 5.41 Å². The first-order valence-electron chi connectivity index (χ1n) is 5.72. The van der Waals surface area contributed by atoms with E-state index in [1.165, 1.54) is 11.1 Å². The first-order valence-corrected chi connectivity index (χ1v) is 5.72. The fourth-order valence-corrected chi connectivity index (χ4v) is 1.89. The molecule has 0 amide bonds. The topological polar surface area (TPSA) is 9.23 Å². The Morgan fingerprint density at radius 3 is 2.25 bits per heavy atom. The van der Waals surface area contributed by atoms with Gasteiger partial charge in [-0.05, 0) is 30.9 Å². The summed E-state index contributed by atoms with van der Waals surface area (Å²) in [4.78, 5) is 0. The highest BCUT2D eigenvalue weighted by molar-refractivity contribution is 5.62. The van der Waals surface area contributed by atoms with Crippen LogP contribution in [0.4, 0.5) is 0 Å². The maximum atomic E-state index is 5.56. The van der Waals surface area contributed by atoms with Gasteiger partial charge in [-0.2, -0.15) is 0 Å². The monoisotopic (exact) mass is 218 g/mol. The van der Waals surface area contributed by atoms with Gasteiger partial charge in [-0.3, -0.25) is 0 Å². The van der Waals surface area contributed by atoms with Crippen molar-refractivity contribution in [2.75, 3.05) is 7.11 Å². The highest BCUT2D eigenvalue weighted by Gasteiger charge is 2.20. The van der Waals surface area contributed by atoms with Crippen LogP contribution in [0.3, 0.4) is 0 Å². The molecule has 0 radical (unpaired) electrons. The molecule has 1 heteroatoms. The molecule has 1 rings (SSSR count). The Kier molecular flexibility index (Phi) is 3.79. The normalized spacial score (nSPS) is 12.1. The first kappa shape index (κ1) is 12.8. The lowest BCUT2D eigenvalue weighted by atomic mass is 9.84. The summed E-state index contributed by atoms with van der Waals surface area (Å²) in [5, 5.41) is 0. The molecule has 16 heavy (non-hydrogen) atoms. The summed E-state index contributed by atoms with van der Waals surface area (Å²) in [5.41, 5.74) is 3.81. The van der Waals surface area contributed by atoms with E-state index in [9.17, 15) is 0 Å². The fourth-order valence-electron chi connectivity index (χ4n) is 1.89. The third-order valence-electron chi connectivity index (χ3n) is 2.62. The minimum Gasteiger partial charge on any atom is -0.496 e. The zero-order valence-corrected chi connectivity index (χ0v) is 11.2. The predicted molar refractivity (Wildman–Crippen MR) is 71.1 cm³/mol. The molecule has 0 unspecified atom stereocenters. The van der Waals surface area contributed by atoms with E-state index in [2.05, 4.69) is 45.9 Å². The summed E-state index contributed by atoms with van der Waals surface area (Å²) in [5.74, 6) is 0.996. The number of aryl methyl sites for hydroxylation is 1. The molecule has 0 spiro atoms. The van der Waals surface area contributed by atoms with Gasteiger partial charge in [0.2, 0.25) is 0 Å². The molecule has 1 aromatic rings. The van der Waals surface area contributed by atoms with Gasteiger partial charge in [-0.1, -0.05) is 39.0 Å². The van der Waals surface area contributed by atoms with Crippen molar-refractivity contribution in [1.82, 2.24) is 0 Å². The molecule has 1 nitrogen and oxygen atoms in total. The van der Waals surface area contributed by atoms with E-state index in [0.29, 0.717) is 0 Å². The first-order chi connectivity index (χ1) is 7.40. The highest BCUT2D eigenvalue weighted by Crippen LogP contribution is 2.35. The van der Waals surface area contributed by atoms with Crippen LogP contribution in [0, 0.1) is 6.92 Å². The largest absolute Gasteiger partial charge is 0.496 e. The predicted octanol–water partition coefficient (Wildman–Crippen LogP) is 4.33. The van der Waals surface area contributed by atoms with E-state index >= 15 is 0 Å². The Morgan fingerprint density at radius 2 is 1.81 bits per heavy atom. The van der Waals surface area contributed by atoms with Gasteiger partial charge in [0.1, 0.15) is 5.75 Å². The third-order valence-corrected chi connectivity index (χ3v) is 2.62. The molecule has 0 saturated heterocycles. The lowest BCUT2D eigenvalue weighted by Gasteiger charge is -2.24. The van der Waals surface area contributed by atoms with Gasteiger partial charge in [0.05, 0.1) is 7.11 Å². The van der Waals surface area contributed by atoms with Crippen molar-refractivity contribution in [2.24, 2.45) is 0 Å². The molecule has 0 bridgehead atoms. The quantitative estimate of drug-likeness (QED) is 0.717. The van der Waals surface area contributed by atoms with Crippen LogP contribution in [-0.4, -0.2) is 7.11 Å². The van der Waals surface area contributed by atoms with Crippen molar-refractivity contribution < 1.29 is 4.74 Å². The van der Waals surface area contributed by atoms with Gasteiger partial charge >= 0.3 is 0 Å². The second-order valence-corrected chi connectivity index (χ2v) is 5.18. The number of allylic oxidation sites excluding steroid dienone is 1. The average molecular weight is 218 g/mol. The van der Waals surface area contributed by atoms with Gasteiger partial charge in [0, 0.05) is 11.1 Å². The summed E-state index contributed by atoms with van der Waals surface area (Å²) in [6, 6.07) is 4.37. The van der Waals surface area contributed by atoms with E-state index in [1.54, 1.807) is 7.11 Å². The van der Waals surface area contributed by atoms with E-state index in [0.717, 1.165) is 11.3 Å². The molecule has 1 aromatic carbocycles. The molecular weight excluding hydrogens is 196 g/mol. The standard InChI is InChI=1S/C15H22O/c1-7-8-12-9-11(2)10-13(14(12)16-6)15(3,4)5/h7-10H,1-6H3. The second kappa shape index (κ2) is 4.73. The minimum absolute atomic E-state index is 0.105. The number of methoxy groups -OCH3 is 1. The Balaban J connectivity index is 3.48. The van der Waals surface area contributed by atoms with Crippen LogP contribution in [-0.2, 0) is 5.41 Å². The van der Waals surface area contributed by atoms with Crippen LogP contribution < -0.4 is 4.74 Å². The molecule has 0 fully saturated rings. The van der Waals surface area contributed by atoms with E-state index in [4.69, 9.17) is 4.74 Å². The number of benzene rings is 1. The van der Waals surface area contributed by atoms with Gasteiger partial charge in [0.25, 0.3) is 0 Å². The summed E-state index contributed by atoms with van der Waals surface area (Å²) < 4.78 is 5.56. The Hall–Kier alpha value is -1.24. The number of rotatable bonds is 2. The summed E-state index contributed by atoms with van der Waals surface area (Å²) in [6.45, 7) is 10.8. The van der Waals surface area contributed by atoms with E-state index in [1.807, 2.05) is 13.0 Å². The van der Waals surface area contributed by atoms with Crippen molar-refractivity contribution in [3.05, 3.63) is 34.9 Å². The molecule has 0 N–H and O–H groups in total. The maximum absolute atomic E-state index is 5.56. The SMILES string of the molecule is CC=Cc1cc(C)cc(C(C)(C)C)c1OC. The molecule has 88 valence electrons. The Labute approximate surface area is 99.1 Å². The van der Waals surface area contributed by atoms with E-state index < -0.39 is 0 Å². The number of hydrogen-bond acceptors (Lipinski definition) is 1. The second-order valence-electron chi connectivity index (χ2n) is 5.18. The zero-order chi connectivity index (χ0) is 12.3. The molecule has 0 aliphatic heterocycles. The Morgan fingerprint density at radius 1 is 1.19 bits per heavy atom. The van der Waals surface area contributed by atoms with Crippen LogP contribution in [0.2, 0.25) is 0 Å². The molecular formula is C15H22O. The van der Waals surface area contributed by atoms with Crippen molar-refractivity contribution >= 4 is 6.08 Å². The smallest absolute Gasteiger partial charge is 0.129 e. The van der Waals surface area contributed by atoms with Crippen LogP contribution in [0.25, 0.3) is 6.08 Å². The summed E-state index contributed by atoms with van der Waals surface area (Å²) in [6.07, 6.45) is 4.14. The van der Waals surface area contributed by atoms with Crippen LogP contribution in [0.1, 0.15) is 44.4 Å². The van der Waals surface area contributed by atoms with Crippen molar-refractivity contribution in [3.8, 4) is 5.75 Å². The average Bonchev–Trinajstić information content (AvgIpc) is 2.16. The molecule has 0 saturated carbocycles. The number of ether oxygens (including phenoxy) is 1. The van der Waals surface area contributed by atoms with Crippen LogP contribution >= 0.6 is 0 Å². The summed E-state index contributed by atoms with van der Waals surface area (Å²) >= 11 is 0. The third kappa shape index (κ3) is 2.66. The maximum Gasteiger partial charge on any atom is 0.129 e. The van der Waals surface area contributed by atoms with Gasteiger partial charge in [-0.15, -0.1) is 0 Å². The van der Waals surface area contributed by atoms with Crippen LogP contribution in [0.5, 0.6) is 5.75 Å². The molecule has 0 heterocycles. The van der Waals surface area contributed by atoms with Crippen molar-refractivity contribution in [1.29, 1.82) is 0 Å². The molecule has 0 aromatic heterocycles. The van der Waals surface area contributed by atoms with Crippen LogP contribution in [0.15, 0.2) is 18.2 Å². The lowest BCUT2D eigenvalue weighted by Crippen LogP contribution is -2.13. The number of hydrogen-bond donors (Lipinski definition) is 0. The molecule has 0 aliphatic carbocycles. The van der Waals surface area contributed by atoms with Crippen molar-refractivity contribution in [2.45, 2.75) is 40.0 Å². The van der Waals surface area contributed by atoms with Gasteiger partial charge in [-0.25, -0.2) is 0 Å².